The molecule has 56 valence electrons. The molecule has 0 aromatic carbocycles. The van der Waals surface area contributed by atoms with E-state index >= 15 is 0 Å². The molecule has 1 aliphatic rings. The van der Waals surface area contributed by atoms with Crippen molar-refractivity contribution in [1.82, 2.24) is 0 Å². The van der Waals surface area contributed by atoms with E-state index in [-0.39, 0.29) is 5.97 Å². The van der Waals surface area contributed by atoms with E-state index in [0.29, 0.717) is 6.61 Å². The second kappa shape index (κ2) is 3.10. The van der Waals surface area contributed by atoms with Gasteiger partial charge in [-0.2, -0.15) is 0 Å². The fraction of sp³-hybridized carbons (Fsp3) is 0.571. The molecule has 3 heteroatoms. The lowest BCUT2D eigenvalue weighted by Crippen LogP contribution is -2.15. The van der Waals surface area contributed by atoms with Crippen LogP contribution in [0, 0.1) is 0 Å². The minimum atomic E-state index is -0.196. The van der Waals surface area contributed by atoms with E-state index in [9.17, 15) is 4.79 Å². The maximum Gasteiger partial charge on any atom is 0.334 e. The van der Waals surface area contributed by atoms with Crippen molar-refractivity contribution in [2.24, 2.45) is 0 Å². The molecular weight excluding hydrogens is 148 g/mol. The summed E-state index contributed by atoms with van der Waals surface area (Å²) < 4.78 is 4.81. The van der Waals surface area contributed by atoms with Crippen molar-refractivity contribution in [2.45, 2.75) is 19.8 Å². The van der Waals surface area contributed by atoms with Crippen molar-refractivity contribution in [3.05, 3.63) is 10.5 Å². The average molecular weight is 158 g/mol. The molecule has 1 heterocycles. The Kier molecular flexibility index (Phi) is 2.38. The SMILES string of the molecule is C/C(S)=C1\CCCOC1=O. The van der Waals surface area contributed by atoms with Crippen molar-refractivity contribution in [1.29, 1.82) is 0 Å². The third-order valence-electron chi connectivity index (χ3n) is 1.49. The standard InChI is InChI=1S/C7H10O2S/c1-5(10)6-3-2-4-9-7(6)8/h10H,2-4H2,1H3/b6-5-. The summed E-state index contributed by atoms with van der Waals surface area (Å²) in [4.78, 5) is 11.7. The van der Waals surface area contributed by atoms with Crippen molar-refractivity contribution >= 4 is 18.6 Å². The topological polar surface area (TPSA) is 26.3 Å². The molecule has 10 heavy (non-hydrogen) atoms. The van der Waals surface area contributed by atoms with E-state index in [2.05, 4.69) is 12.6 Å². The number of cyclic esters (lactones) is 1. The van der Waals surface area contributed by atoms with Gasteiger partial charge in [0.1, 0.15) is 0 Å². The van der Waals surface area contributed by atoms with Crippen LogP contribution in [0.1, 0.15) is 19.8 Å². The third kappa shape index (κ3) is 1.53. The lowest BCUT2D eigenvalue weighted by Gasteiger charge is -2.14. The highest BCUT2D eigenvalue weighted by atomic mass is 32.1. The number of rotatable bonds is 0. The molecule has 1 aliphatic heterocycles. The molecular formula is C7H10O2S. The minimum absolute atomic E-state index is 0.196. The van der Waals surface area contributed by atoms with Gasteiger partial charge in [0, 0.05) is 5.57 Å². The summed E-state index contributed by atoms with van der Waals surface area (Å²) in [6, 6.07) is 0. The van der Waals surface area contributed by atoms with Crippen LogP contribution in [0.5, 0.6) is 0 Å². The van der Waals surface area contributed by atoms with Crippen LogP contribution < -0.4 is 0 Å². The Morgan fingerprint density at radius 1 is 1.70 bits per heavy atom. The average Bonchev–Trinajstić information content (AvgIpc) is 1.88. The lowest BCUT2D eigenvalue weighted by atomic mass is 10.1. The molecule has 0 N–H and O–H groups in total. The maximum atomic E-state index is 10.9. The first kappa shape index (κ1) is 7.66. The number of hydrogen-bond donors (Lipinski definition) is 1. The van der Waals surface area contributed by atoms with Gasteiger partial charge in [-0.05, 0) is 24.7 Å². The molecule has 1 rings (SSSR count). The Hall–Kier alpha value is -0.440. The molecule has 0 unspecified atom stereocenters. The third-order valence-corrected chi connectivity index (χ3v) is 1.76. The van der Waals surface area contributed by atoms with Crippen molar-refractivity contribution in [3.8, 4) is 0 Å². The monoisotopic (exact) mass is 158 g/mol. The van der Waals surface area contributed by atoms with E-state index in [1.54, 1.807) is 0 Å². The molecule has 0 spiro atoms. The number of carbonyl (C=O) groups is 1. The van der Waals surface area contributed by atoms with E-state index in [1.807, 2.05) is 6.92 Å². The van der Waals surface area contributed by atoms with E-state index in [1.165, 1.54) is 0 Å². The Bertz CT molecular complexity index is 180. The minimum Gasteiger partial charge on any atom is -0.462 e. The Morgan fingerprint density at radius 3 is 2.80 bits per heavy atom. The zero-order valence-electron chi connectivity index (χ0n) is 5.89. The number of carbonyl (C=O) groups excluding carboxylic acids is 1. The summed E-state index contributed by atoms with van der Waals surface area (Å²) in [5, 5.41) is 0. The molecule has 1 saturated heterocycles. The molecule has 2 nitrogen and oxygen atoms in total. The van der Waals surface area contributed by atoms with Crippen molar-refractivity contribution < 1.29 is 9.53 Å². The lowest BCUT2D eigenvalue weighted by molar-refractivity contribution is -0.141. The van der Waals surface area contributed by atoms with Gasteiger partial charge in [0.05, 0.1) is 6.61 Å². The van der Waals surface area contributed by atoms with Gasteiger partial charge in [0.25, 0.3) is 0 Å². The van der Waals surface area contributed by atoms with Gasteiger partial charge in [0.2, 0.25) is 0 Å². The summed E-state index contributed by atoms with van der Waals surface area (Å²) >= 11 is 4.08. The van der Waals surface area contributed by atoms with Crippen LogP contribution in [-0.4, -0.2) is 12.6 Å². The smallest absolute Gasteiger partial charge is 0.334 e. The number of hydrogen-bond acceptors (Lipinski definition) is 3. The van der Waals surface area contributed by atoms with E-state index in [4.69, 9.17) is 4.74 Å². The molecule has 1 fully saturated rings. The Labute approximate surface area is 65.7 Å². The Morgan fingerprint density at radius 2 is 2.40 bits per heavy atom. The van der Waals surface area contributed by atoms with Gasteiger partial charge in [-0.3, -0.25) is 0 Å². The zero-order valence-corrected chi connectivity index (χ0v) is 6.78. The summed E-state index contributed by atoms with van der Waals surface area (Å²) in [7, 11) is 0. The summed E-state index contributed by atoms with van der Waals surface area (Å²) in [6.07, 6.45) is 1.74. The Balaban J connectivity index is 2.75. The van der Waals surface area contributed by atoms with Crippen LogP contribution in [0.15, 0.2) is 10.5 Å². The predicted octanol–water partition coefficient (Wildman–Crippen LogP) is 1.53. The maximum absolute atomic E-state index is 10.9. The predicted molar refractivity (Wildman–Crippen MR) is 41.9 cm³/mol. The van der Waals surface area contributed by atoms with Gasteiger partial charge in [-0.25, -0.2) is 4.79 Å². The normalized spacial score (nSPS) is 24.0. The van der Waals surface area contributed by atoms with Gasteiger partial charge < -0.3 is 4.74 Å². The quantitative estimate of drug-likeness (QED) is 0.329. The second-order valence-corrected chi connectivity index (χ2v) is 2.97. The zero-order chi connectivity index (χ0) is 7.56. The fourth-order valence-corrected chi connectivity index (χ4v) is 1.13. The molecule has 0 bridgehead atoms. The van der Waals surface area contributed by atoms with E-state index in [0.717, 1.165) is 23.3 Å². The van der Waals surface area contributed by atoms with Crippen LogP contribution in [0.2, 0.25) is 0 Å². The highest BCUT2D eigenvalue weighted by Crippen LogP contribution is 2.19. The first-order chi connectivity index (χ1) is 4.72. The summed E-state index contributed by atoms with van der Waals surface area (Å²) in [5.41, 5.74) is 0.731. The van der Waals surface area contributed by atoms with Crippen LogP contribution in [0.3, 0.4) is 0 Å². The number of esters is 1. The molecule has 0 aromatic rings. The van der Waals surface area contributed by atoms with Gasteiger partial charge in [-0.1, -0.05) is 0 Å². The molecule has 0 atom stereocenters. The molecule has 0 radical (unpaired) electrons. The highest BCUT2D eigenvalue weighted by molar-refractivity contribution is 7.84. The van der Waals surface area contributed by atoms with Gasteiger partial charge in [0.15, 0.2) is 0 Å². The molecule has 0 aromatic heterocycles. The van der Waals surface area contributed by atoms with Crippen LogP contribution in [0.25, 0.3) is 0 Å². The number of allylic oxidation sites excluding steroid dienone is 1. The van der Waals surface area contributed by atoms with Crippen LogP contribution >= 0.6 is 12.6 Å². The second-order valence-electron chi connectivity index (χ2n) is 2.30. The summed E-state index contributed by atoms with van der Waals surface area (Å²) in [6.45, 7) is 2.37. The molecule has 0 amide bonds. The molecule has 0 saturated carbocycles. The highest BCUT2D eigenvalue weighted by Gasteiger charge is 2.17. The first-order valence-corrected chi connectivity index (χ1v) is 3.72. The largest absolute Gasteiger partial charge is 0.462 e. The molecule has 0 aliphatic carbocycles. The van der Waals surface area contributed by atoms with E-state index < -0.39 is 0 Å². The first-order valence-electron chi connectivity index (χ1n) is 3.27. The van der Waals surface area contributed by atoms with Crippen LogP contribution in [0.4, 0.5) is 0 Å². The summed E-state index contributed by atoms with van der Waals surface area (Å²) in [5.74, 6) is -0.196. The van der Waals surface area contributed by atoms with Gasteiger partial charge >= 0.3 is 5.97 Å². The van der Waals surface area contributed by atoms with Crippen molar-refractivity contribution in [3.63, 3.8) is 0 Å². The number of ether oxygens (including phenoxy) is 1. The fourth-order valence-electron chi connectivity index (χ4n) is 0.932. The van der Waals surface area contributed by atoms with Crippen LogP contribution in [-0.2, 0) is 9.53 Å². The number of thiol groups is 1. The van der Waals surface area contributed by atoms with Crippen molar-refractivity contribution in [2.75, 3.05) is 6.61 Å². The van der Waals surface area contributed by atoms with Gasteiger partial charge in [-0.15, -0.1) is 12.6 Å².